The van der Waals surface area contributed by atoms with E-state index in [0.29, 0.717) is 12.1 Å². The van der Waals surface area contributed by atoms with Crippen molar-refractivity contribution in [1.29, 1.82) is 0 Å². The molecule has 18 heavy (non-hydrogen) atoms. The van der Waals surface area contributed by atoms with Gasteiger partial charge in [0.15, 0.2) is 0 Å². The molecule has 0 atom stereocenters. The summed E-state index contributed by atoms with van der Waals surface area (Å²) >= 11 is 5.84. The van der Waals surface area contributed by atoms with Gasteiger partial charge < -0.3 is 11.1 Å². The summed E-state index contributed by atoms with van der Waals surface area (Å²) in [4.78, 5) is 0. The average molecular weight is 312 g/mol. The molecule has 2 nitrogen and oxygen atoms in total. The predicted octanol–water partition coefficient (Wildman–Crippen LogP) is 3.54. The molecule has 0 bridgehead atoms. The maximum Gasteiger partial charge on any atom is 0.0406 e. The highest BCUT2D eigenvalue weighted by molar-refractivity contribution is 6.30. The third-order valence-electron chi connectivity index (χ3n) is 3.28. The first-order valence-corrected chi connectivity index (χ1v) is 6.35. The lowest BCUT2D eigenvalue weighted by Gasteiger charge is -2.26. The van der Waals surface area contributed by atoms with E-state index in [1.807, 2.05) is 12.1 Å². The van der Waals surface area contributed by atoms with E-state index in [2.05, 4.69) is 17.4 Å². The first kappa shape index (κ1) is 18.0. The van der Waals surface area contributed by atoms with Crippen LogP contribution in [0, 0.1) is 0 Å². The predicted molar refractivity (Wildman–Crippen MR) is 83.0 cm³/mol. The van der Waals surface area contributed by atoms with E-state index in [-0.39, 0.29) is 24.8 Å². The Bertz CT molecular complexity index is 322. The Kier molecular flexibility index (Phi) is 9.01. The minimum atomic E-state index is 0. The van der Waals surface area contributed by atoms with Crippen molar-refractivity contribution in [1.82, 2.24) is 5.32 Å². The number of nitrogens with two attached hydrogens (primary N) is 1. The van der Waals surface area contributed by atoms with Crippen LogP contribution in [-0.2, 0) is 6.54 Å². The second-order valence-corrected chi connectivity index (χ2v) is 5.06. The van der Waals surface area contributed by atoms with E-state index in [9.17, 15) is 0 Å². The SMILES string of the molecule is Cl.Cl.NC1CCC(NCc2ccc(Cl)cc2)CC1. The zero-order valence-electron chi connectivity index (χ0n) is 10.3. The molecule has 1 aromatic rings. The van der Waals surface area contributed by atoms with Gasteiger partial charge in [-0.3, -0.25) is 0 Å². The summed E-state index contributed by atoms with van der Waals surface area (Å²) in [5.74, 6) is 0. The molecule has 0 heterocycles. The van der Waals surface area contributed by atoms with Crippen molar-refractivity contribution < 1.29 is 0 Å². The highest BCUT2D eigenvalue weighted by Crippen LogP contribution is 2.17. The molecule has 5 heteroatoms. The highest BCUT2D eigenvalue weighted by Gasteiger charge is 2.17. The van der Waals surface area contributed by atoms with Gasteiger partial charge in [-0.25, -0.2) is 0 Å². The lowest BCUT2D eigenvalue weighted by atomic mass is 9.92. The monoisotopic (exact) mass is 310 g/mol. The third-order valence-corrected chi connectivity index (χ3v) is 3.53. The standard InChI is InChI=1S/C13H19ClN2.2ClH/c14-11-3-1-10(2-4-11)9-16-13-7-5-12(15)6-8-13;;/h1-4,12-13,16H,5-9,15H2;2*1H. The summed E-state index contributed by atoms with van der Waals surface area (Å²) in [6, 6.07) is 9.09. The minimum absolute atomic E-state index is 0. The summed E-state index contributed by atoms with van der Waals surface area (Å²) in [6.07, 6.45) is 4.71. The molecule has 1 fully saturated rings. The van der Waals surface area contributed by atoms with Crippen LogP contribution in [0.25, 0.3) is 0 Å². The molecular formula is C13H21Cl3N2. The third kappa shape index (κ3) is 5.77. The summed E-state index contributed by atoms with van der Waals surface area (Å²) in [5.41, 5.74) is 7.17. The maximum absolute atomic E-state index is 5.88. The lowest BCUT2D eigenvalue weighted by Crippen LogP contribution is -2.36. The van der Waals surface area contributed by atoms with Crippen molar-refractivity contribution >= 4 is 36.4 Å². The number of halogens is 3. The molecule has 0 spiro atoms. The fourth-order valence-corrected chi connectivity index (χ4v) is 2.31. The van der Waals surface area contributed by atoms with E-state index < -0.39 is 0 Å². The van der Waals surface area contributed by atoms with Crippen LogP contribution in [0.5, 0.6) is 0 Å². The molecule has 0 aromatic heterocycles. The van der Waals surface area contributed by atoms with Gasteiger partial charge in [-0.2, -0.15) is 0 Å². The molecule has 1 aliphatic carbocycles. The van der Waals surface area contributed by atoms with Crippen LogP contribution in [0.2, 0.25) is 5.02 Å². The van der Waals surface area contributed by atoms with Gasteiger partial charge in [0, 0.05) is 23.7 Å². The molecular weight excluding hydrogens is 291 g/mol. The van der Waals surface area contributed by atoms with Crippen LogP contribution >= 0.6 is 36.4 Å². The van der Waals surface area contributed by atoms with E-state index in [4.69, 9.17) is 17.3 Å². The van der Waals surface area contributed by atoms with Crippen molar-refractivity contribution in [2.24, 2.45) is 5.73 Å². The Morgan fingerprint density at radius 2 is 1.61 bits per heavy atom. The molecule has 0 aliphatic heterocycles. The zero-order chi connectivity index (χ0) is 11.4. The summed E-state index contributed by atoms with van der Waals surface area (Å²) < 4.78 is 0. The molecule has 2 rings (SSSR count). The molecule has 3 N–H and O–H groups in total. The maximum atomic E-state index is 5.88. The summed E-state index contributed by atoms with van der Waals surface area (Å²) in [6.45, 7) is 0.928. The van der Waals surface area contributed by atoms with Gasteiger partial charge >= 0.3 is 0 Å². The molecule has 1 aromatic carbocycles. The molecule has 1 saturated carbocycles. The quantitative estimate of drug-likeness (QED) is 0.896. The van der Waals surface area contributed by atoms with Gasteiger partial charge in [0.25, 0.3) is 0 Å². The number of hydrogen-bond donors (Lipinski definition) is 2. The summed E-state index contributed by atoms with van der Waals surface area (Å²) in [7, 11) is 0. The Hall–Kier alpha value is 0.01000. The number of rotatable bonds is 3. The molecule has 0 radical (unpaired) electrons. The van der Waals surface area contributed by atoms with E-state index in [0.717, 1.165) is 24.4 Å². The van der Waals surface area contributed by atoms with Gasteiger partial charge in [-0.1, -0.05) is 23.7 Å². The fourth-order valence-electron chi connectivity index (χ4n) is 2.19. The second-order valence-electron chi connectivity index (χ2n) is 4.62. The molecule has 1 aliphatic rings. The van der Waals surface area contributed by atoms with Crippen molar-refractivity contribution in [2.45, 2.75) is 44.3 Å². The van der Waals surface area contributed by atoms with E-state index in [1.165, 1.54) is 18.4 Å². The smallest absolute Gasteiger partial charge is 0.0406 e. The van der Waals surface area contributed by atoms with Crippen LogP contribution in [0.15, 0.2) is 24.3 Å². The van der Waals surface area contributed by atoms with Gasteiger partial charge in [0.1, 0.15) is 0 Å². The average Bonchev–Trinajstić information content (AvgIpc) is 2.30. The number of benzene rings is 1. The van der Waals surface area contributed by atoms with Crippen molar-refractivity contribution in [3.8, 4) is 0 Å². The van der Waals surface area contributed by atoms with Gasteiger partial charge in [0.2, 0.25) is 0 Å². The topological polar surface area (TPSA) is 38.0 Å². The van der Waals surface area contributed by atoms with Crippen molar-refractivity contribution in [3.63, 3.8) is 0 Å². The molecule has 0 amide bonds. The normalized spacial score (nSPS) is 22.8. The lowest BCUT2D eigenvalue weighted by molar-refractivity contribution is 0.342. The van der Waals surface area contributed by atoms with Crippen LogP contribution in [0.1, 0.15) is 31.2 Å². The highest BCUT2D eigenvalue weighted by atomic mass is 35.5. The Balaban J connectivity index is 0.00000144. The van der Waals surface area contributed by atoms with Crippen molar-refractivity contribution in [2.75, 3.05) is 0 Å². The van der Waals surface area contributed by atoms with Gasteiger partial charge in [0.05, 0.1) is 0 Å². The second kappa shape index (κ2) is 9.00. The van der Waals surface area contributed by atoms with Crippen LogP contribution in [0.4, 0.5) is 0 Å². The fraction of sp³-hybridized carbons (Fsp3) is 0.538. The molecule has 0 unspecified atom stereocenters. The first-order valence-electron chi connectivity index (χ1n) is 5.97. The zero-order valence-corrected chi connectivity index (χ0v) is 12.7. The van der Waals surface area contributed by atoms with Gasteiger partial charge in [-0.05, 0) is 43.4 Å². The van der Waals surface area contributed by atoms with Crippen LogP contribution in [-0.4, -0.2) is 12.1 Å². The van der Waals surface area contributed by atoms with Gasteiger partial charge in [-0.15, -0.1) is 24.8 Å². The molecule has 104 valence electrons. The first-order chi connectivity index (χ1) is 7.74. The van der Waals surface area contributed by atoms with Crippen LogP contribution < -0.4 is 11.1 Å². The number of nitrogens with one attached hydrogen (secondary N) is 1. The Labute approximate surface area is 126 Å². The summed E-state index contributed by atoms with van der Waals surface area (Å²) in [5, 5.41) is 4.38. The van der Waals surface area contributed by atoms with E-state index in [1.54, 1.807) is 0 Å². The Morgan fingerprint density at radius 3 is 2.17 bits per heavy atom. The minimum Gasteiger partial charge on any atom is -0.328 e. The molecule has 0 saturated heterocycles. The number of hydrogen-bond acceptors (Lipinski definition) is 2. The Morgan fingerprint density at radius 1 is 1.06 bits per heavy atom. The van der Waals surface area contributed by atoms with E-state index >= 15 is 0 Å². The van der Waals surface area contributed by atoms with Crippen LogP contribution in [0.3, 0.4) is 0 Å². The largest absolute Gasteiger partial charge is 0.328 e. The van der Waals surface area contributed by atoms with Crippen molar-refractivity contribution in [3.05, 3.63) is 34.9 Å².